The lowest BCUT2D eigenvalue weighted by Crippen LogP contribution is -2.22. The zero-order chi connectivity index (χ0) is 63.7. The molecule has 0 aliphatic heterocycles. The van der Waals surface area contributed by atoms with Crippen molar-refractivity contribution in [2.24, 2.45) is 20.5 Å². The molecule has 0 bridgehead atoms. The van der Waals surface area contributed by atoms with Gasteiger partial charge in [-0.2, -0.15) is 57.0 Å². The van der Waals surface area contributed by atoms with Gasteiger partial charge in [0.15, 0.2) is 21.3 Å². The summed E-state index contributed by atoms with van der Waals surface area (Å²) in [4.78, 5) is 27.8. The Labute approximate surface area is 506 Å². The van der Waals surface area contributed by atoms with Crippen LogP contribution in [0, 0.1) is 13.8 Å². The molecule has 7 aromatic carbocycles. The lowest BCUT2D eigenvalue weighted by Gasteiger charge is -2.22. The van der Waals surface area contributed by atoms with Crippen molar-refractivity contribution in [3.63, 3.8) is 0 Å². The first-order valence-corrected chi connectivity index (χ1v) is 31.3. The number of nitrogens with zero attached hydrogens (tertiary/aromatic N) is 12. The number of aromatic nitrogens is 6. The number of azo groups is 2. The average molecular weight is 1330 g/mol. The van der Waals surface area contributed by atoms with Gasteiger partial charge in [0.2, 0.25) is 34.4 Å². The van der Waals surface area contributed by atoms with Crippen molar-refractivity contribution in [2.75, 3.05) is 41.9 Å². The quantitative estimate of drug-likeness (QED) is 0.0365. The smallest absolute Gasteiger partial charge is 0.425 e. The van der Waals surface area contributed by atoms with E-state index in [2.05, 4.69) is 61.0 Å². The number of phenolic OH excluding ortho intramolecular Hbond substituents is 2. The van der Waals surface area contributed by atoms with Crippen LogP contribution in [-0.4, -0.2) is 131 Å². The number of sulfone groups is 1. The molecule has 2 aromatic heterocycles. The Balaban J connectivity index is 0.00000127. The molecule has 0 saturated carbocycles. The summed E-state index contributed by atoms with van der Waals surface area (Å²) in [5.41, 5.74) is 2.55. The standard InChI is InChI=1S/C50H42Cl2N14O10S3.2O3S/c1-27-5-11-31(12-6-27)61-63-37-19-9-29-23-35(78(71,72)73)25-39(41(29)43(37)67)53-47-55-45(51)57-49(59-47)66(33-15-17-34(18-16-33)77(69,70)22-21-65(3)4)50-58-46(52)56-48(60-50)54-40-26-36(79(74,75)76)24-30-10-20-38(44(68)42(30)40)64-62-32-13-7-28(2)8-14-32;2*1-4(2)3/h5-20,23-26,67-68H,21-22H2,1-4H3,(H,71,72,73)(H,74,75,76)(H,53,55,57,59)(H,54,56,58,60);;. The molecule has 6 N–H and O–H groups in total. The van der Waals surface area contributed by atoms with Crippen LogP contribution in [0.1, 0.15) is 11.1 Å². The van der Waals surface area contributed by atoms with E-state index in [1.807, 2.05) is 38.1 Å². The van der Waals surface area contributed by atoms with E-state index >= 15 is 0 Å². The number of phenols is 2. The molecule has 452 valence electrons. The summed E-state index contributed by atoms with van der Waals surface area (Å²) >= 11 is 13.2. The summed E-state index contributed by atoms with van der Waals surface area (Å²) in [6, 6.07) is 29.4. The van der Waals surface area contributed by atoms with Gasteiger partial charge < -0.3 is 25.7 Å². The van der Waals surface area contributed by atoms with Gasteiger partial charge in [0, 0.05) is 17.3 Å². The van der Waals surface area contributed by atoms with Gasteiger partial charge in [-0.15, -0.1) is 35.5 Å². The number of hydrogen-bond donors (Lipinski definition) is 6. The first kappa shape index (κ1) is 65.4. The Kier molecular flexibility index (Phi) is 20.6. The monoisotopic (exact) mass is 1320 g/mol. The van der Waals surface area contributed by atoms with E-state index in [9.17, 15) is 44.6 Å². The Morgan fingerprint density at radius 2 is 0.885 bits per heavy atom. The summed E-state index contributed by atoms with van der Waals surface area (Å²) < 4.78 is 148. The van der Waals surface area contributed by atoms with Crippen LogP contribution in [0.3, 0.4) is 0 Å². The molecule has 0 aliphatic carbocycles. The summed E-state index contributed by atoms with van der Waals surface area (Å²) in [6.07, 6.45) is 0. The van der Waals surface area contributed by atoms with Gasteiger partial charge in [-0.05, 0) is 147 Å². The molecule has 87 heavy (non-hydrogen) atoms. The van der Waals surface area contributed by atoms with Crippen LogP contribution in [0.15, 0.2) is 156 Å². The largest absolute Gasteiger partial charge is 0.505 e. The summed E-state index contributed by atoms with van der Waals surface area (Å²) in [6.45, 7) is 4.01. The van der Waals surface area contributed by atoms with Crippen molar-refractivity contribution >= 4 is 160 Å². The SMILES string of the molecule is Cc1ccc(N=Nc2ccc3cc(S(=O)(=O)O)cc(Nc4nc(Cl)nc(N(c5ccc(S(=O)(=O)CCN(C)C)cc5)c5nc(Cl)nc(Nc6cc(S(=O)(=O)O)cc7ccc(N=Nc8ccc(C)cc8)c(O)c67)n5)n4)c3c2O)cc1.O=S(=O)=O.O=S(=O)=O. The number of anilines is 7. The zero-order valence-electron chi connectivity index (χ0n) is 44.8. The molecule has 0 saturated heterocycles. The minimum atomic E-state index is -4.88. The molecule has 0 radical (unpaired) electrons. The fourth-order valence-electron chi connectivity index (χ4n) is 7.69. The highest BCUT2D eigenvalue weighted by atomic mass is 35.5. The van der Waals surface area contributed by atoms with Crippen LogP contribution >= 0.6 is 23.2 Å². The van der Waals surface area contributed by atoms with Crippen LogP contribution in [0.4, 0.5) is 63.6 Å². The molecular weight excluding hydrogens is 1280 g/mol. The van der Waals surface area contributed by atoms with E-state index in [0.717, 1.165) is 40.3 Å². The zero-order valence-corrected chi connectivity index (χ0v) is 50.4. The molecule has 30 nitrogen and oxygen atoms in total. The maximum atomic E-state index is 13.4. The Hall–Kier alpha value is -9.17. The predicted octanol–water partition coefficient (Wildman–Crippen LogP) is 9.31. The first-order valence-electron chi connectivity index (χ1n) is 24.0. The molecule has 0 fully saturated rings. The number of fused-ring (bicyclic) bond motifs is 2. The van der Waals surface area contributed by atoms with E-state index in [0.29, 0.717) is 11.4 Å². The number of rotatable bonds is 17. The lowest BCUT2D eigenvalue weighted by atomic mass is 10.1. The number of benzene rings is 7. The fourth-order valence-corrected chi connectivity index (χ4v) is 10.5. The minimum Gasteiger partial charge on any atom is -0.505 e. The Bertz CT molecular complexity index is 4520. The van der Waals surface area contributed by atoms with E-state index < -0.39 is 107 Å². The van der Waals surface area contributed by atoms with Crippen molar-refractivity contribution in [3.05, 3.63) is 143 Å². The maximum Gasteiger partial charge on any atom is 0.425 e. The third-order valence-electron chi connectivity index (χ3n) is 11.6. The van der Waals surface area contributed by atoms with Gasteiger partial charge in [-0.3, -0.25) is 9.11 Å². The molecule has 0 spiro atoms. The van der Waals surface area contributed by atoms with Crippen molar-refractivity contribution in [1.82, 2.24) is 34.8 Å². The van der Waals surface area contributed by atoms with Gasteiger partial charge in [-0.1, -0.05) is 47.5 Å². The van der Waals surface area contributed by atoms with Crippen molar-refractivity contribution < 1.29 is 69.8 Å². The molecule has 9 rings (SSSR count). The minimum absolute atomic E-state index is 0.0215. The van der Waals surface area contributed by atoms with Crippen LogP contribution in [0.25, 0.3) is 21.5 Å². The molecule has 0 unspecified atom stereocenters. The molecule has 0 atom stereocenters. The number of halogens is 2. The van der Waals surface area contributed by atoms with E-state index in [1.54, 1.807) is 43.3 Å². The Morgan fingerprint density at radius 3 is 1.24 bits per heavy atom. The maximum absolute atomic E-state index is 13.4. The van der Waals surface area contributed by atoms with Gasteiger partial charge in [-0.25, -0.2) is 13.3 Å². The predicted molar refractivity (Wildman–Crippen MR) is 316 cm³/mol. The summed E-state index contributed by atoms with van der Waals surface area (Å²) in [5, 5.41) is 45.1. The van der Waals surface area contributed by atoms with Crippen LogP contribution in [0.2, 0.25) is 10.6 Å². The van der Waals surface area contributed by atoms with Crippen LogP contribution < -0.4 is 15.5 Å². The van der Waals surface area contributed by atoms with Crippen molar-refractivity contribution in [2.45, 2.75) is 28.5 Å². The van der Waals surface area contributed by atoms with Crippen molar-refractivity contribution in [1.29, 1.82) is 0 Å². The average Bonchev–Trinajstić information content (AvgIpc) is 0.894. The molecule has 0 amide bonds. The van der Waals surface area contributed by atoms with E-state index in [1.165, 1.54) is 48.5 Å². The Morgan fingerprint density at radius 1 is 0.506 bits per heavy atom. The summed E-state index contributed by atoms with van der Waals surface area (Å²) in [5.74, 6) is -2.75. The third-order valence-corrected chi connectivity index (χ3v) is 15.4. The lowest BCUT2D eigenvalue weighted by molar-refractivity contribution is 0.432. The van der Waals surface area contributed by atoms with E-state index in [4.69, 9.17) is 48.5 Å². The number of hydrogen-bond acceptors (Lipinski definition) is 28. The highest BCUT2D eigenvalue weighted by molar-refractivity contribution is 7.91. The molecule has 0 aliphatic rings. The second-order valence-electron chi connectivity index (χ2n) is 18.1. The van der Waals surface area contributed by atoms with Crippen LogP contribution in [0.5, 0.6) is 11.5 Å². The van der Waals surface area contributed by atoms with Crippen molar-refractivity contribution in [3.8, 4) is 11.5 Å². The highest BCUT2D eigenvalue weighted by Gasteiger charge is 2.26. The topological polar surface area (TPSA) is 443 Å². The fraction of sp³-hybridized carbons (Fsp3) is 0.120. The molecular formula is C50H42Cl2N14O16S5. The second kappa shape index (κ2) is 27.5. The summed E-state index contributed by atoms with van der Waals surface area (Å²) in [7, 11) is -16.4. The first-order chi connectivity index (χ1) is 40.8. The number of aromatic hydroxyl groups is 2. The molecule has 9 aromatic rings. The second-order valence-corrected chi connectivity index (χ2v) is 24.5. The van der Waals surface area contributed by atoms with Gasteiger partial charge in [0.05, 0.1) is 48.9 Å². The van der Waals surface area contributed by atoms with Gasteiger partial charge >= 0.3 is 21.2 Å². The number of aryl methyl sites for hydroxylation is 2. The normalized spacial score (nSPS) is 11.7. The van der Waals surface area contributed by atoms with Crippen LogP contribution in [-0.2, 0) is 51.3 Å². The molecule has 2 heterocycles. The van der Waals surface area contributed by atoms with E-state index in [-0.39, 0.29) is 67.2 Å². The third kappa shape index (κ3) is 17.5. The molecule has 37 heteroatoms. The highest BCUT2D eigenvalue weighted by Crippen LogP contribution is 2.44. The van der Waals surface area contributed by atoms with Gasteiger partial charge in [0.25, 0.3) is 20.2 Å². The van der Waals surface area contributed by atoms with Gasteiger partial charge in [0.1, 0.15) is 11.4 Å². The number of nitrogens with one attached hydrogen (secondary N) is 2.